The third-order valence-electron chi connectivity index (χ3n) is 2.55. The third kappa shape index (κ3) is 2.00. The Hall–Kier alpha value is -1.03. The Morgan fingerprint density at radius 2 is 2.20 bits per heavy atom. The predicted molar refractivity (Wildman–Crippen MR) is 61.2 cm³/mol. The molecule has 0 saturated carbocycles. The maximum absolute atomic E-state index is 12.0. The lowest BCUT2D eigenvalue weighted by molar-refractivity contribution is 0.0650. The standard InChI is InChI=1S/C11H12BrNO2/c1-15-8-3-4-10(12)9(7-8)11(14)13-5-2-6-13/h3-4,7H,2,5-6H2,1H3. The minimum atomic E-state index is 0.0759. The number of ether oxygens (including phenoxy) is 1. The lowest BCUT2D eigenvalue weighted by Crippen LogP contribution is -2.42. The normalized spacial score (nSPS) is 14.7. The van der Waals surface area contributed by atoms with Crippen molar-refractivity contribution in [2.75, 3.05) is 20.2 Å². The number of hydrogen-bond donors (Lipinski definition) is 0. The summed E-state index contributed by atoms with van der Waals surface area (Å²) in [5.41, 5.74) is 0.675. The fourth-order valence-corrected chi connectivity index (χ4v) is 1.90. The van der Waals surface area contributed by atoms with Crippen molar-refractivity contribution in [2.24, 2.45) is 0 Å². The van der Waals surface area contributed by atoms with Crippen molar-refractivity contribution in [3.63, 3.8) is 0 Å². The van der Waals surface area contributed by atoms with E-state index in [1.165, 1.54) is 0 Å². The van der Waals surface area contributed by atoms with E-state index in [1.807, 2.05) is 17.0 Å². The van der Waals surface area contributed by atoms with Gasteiger partial charge in [0.1, 0.15) is 5.75 Å². The van der Waals surface area contributed by atoms with Crippen LogP contribution in [0.15, 0.2) is 22.7 Å². The van der Waals surface area contributed by atoms with Crippen molar-refractivity contribution >= 4 is 21.8 Å². The van der Waals surface area contributed by atoms with Crippen molar-refractivity contribution < 1.29 is 9.53 Å². The number of methoxy groups -OCH3 is 1. The zero-order valence-electron chi connectivity index (χ0n) is 8.50. The van der Waals surface area contributed by atoms with E-state index >= 15 is 0 Å². The Labute approximate surface area is 97.2 Å². The van der Waals surface area contributed by atoms with Crippen LogP contribution in [-0.4, -0.2) is 31.0 Å². The number of likely N-dealkylation sites (tertiary alicyclic amines) is 1. The highest BCUT2D eigenvalue weighted by Crippen LogP contribution is 2.25. The number of hydrogen-bond acceptors (Lipinski definition) is 2. The van der Waals surface area contributed by atoms with Crippen molar-refractivity contribution in [2.45, 2.75) is 6.42 Å². The molecule has 3 nitrogen and oxygen atoms in total. The lowest BCUT2D eigenvalue weighted by atomic mass is 10.1. The van der Waals surface area contributed by atoms with Crippen LogP contribution < -0.4 is 4.74 Å². The summed E-state index contributed by atoms with van der Waals surface area (Å²) in [6, 6.07) is 5.44. The molecule has 0 aliphatic carbocycles. The average Bonchev–Trinajstić information content (AvgIpc) is 2.15. The van der Waals surface area contributed by atoms with E-state index in [1.54, 1.807) is 13.2 Å². The molecule has 0 bridgehead atoms. The van der Waals surface area contributed by atoms with Crippen LogP contribution in [0.1, 0.15) is 16.8 Å². The topological polar surface area (TPSA) is 29.5 Å². The molecule has 1 fully saturated rings. The smallest absolute Gasteiger partial charge is 0.255 e. The van der Waals surface area contributed by atoms with Gasteiger partial charge >= 0.3 is 0 Å². The summed E-state index contributed by atoms with van der Waals surface area (Å²) in [7, 11) is 1.60. The molecule has 0 radical (unpaired) electrons. The summed E-state index contributed by atoms with van der Waals surface area (Å²) < 4.78 is 5.92. The summed E-state index contributed by atoms with van der Waals surface area (Å²) in [5, 5.41) is 0. The van der Waals surface area contributed by atoms with Gasteiger partial charge in [0.2, 0.25) is 0 Å². The molecule has 1 aliphatic heterocycles. The first kappa shape index (κ1) is 10.5. The molecule has 0 aromatic heterocycles. The van der Waals surface area contributed by atoms with Crippen molar-refractivity contribution in [1.82, 2.24) is 4.90 Å². The van der Waals surface area contributed by atoms with Crippen molar-refractivity contribution in [3.8, 4) is 5.75 Å². The Morgan fingerprint density at radius 1 is 1.47 bits per heavy atom. The van der Waals surface area contributed by atoms with Crippen LogP contribution in [-0.2, 0) is 0 Å². The second kappa shape index (κ2) is 4.23. The summed E-state index contributed by atoms with van der Waals surface area (Å²) in [6.07, 6.45) is 1.10. The molecular weight excluding hydrogens is 258 g/mol. The zero-order valence-corrected chi connectivity index (χ0v) is 10.1. The number of carbonyl (C=O) groups is 1. The van der Waals surface area contributed by atoms with E-state index in [0.29, 0.717) is 11.3 Å². The Morgan fingerprint density at radius 3 is 2.73 bits per heavy atom. The molecule has 80 valence electrons. The van der Waals surface area contributed by atoms with Crippen LogP contribution in [0.2, 0.25) is 0 Å². The number of nitrogens with zero attached hydrogens (tertiary/aromatic N) is 1. The minimum absolute atomic E-state index is 0.0759. The maximum Gasteiger partial charge on any atom is 0.255 e. The van der Waals surface area contributed by atoms with E-state index in [4.69, 9.17) is 4.74 Å². The number of benzene rings is 1. The Bertz CT molecular complexity index is 388. The Balaban J connectivity index is 2.28. The number of amides is 1. The lowest BCUT2D eigenvalue weighted by Gasteiger charge is -2.31. The molecule has 4 heteroatoms. The maximum atomic E-state index is 12.0. The van der Waals surface area contributed by atoms with E-state index in [-0.39, 0.29) is 5.91 Å². The molecular formula is C11H12BrNO2. The van der Waals surface area contributed by atoms with Crippen LogP contribution in [0.3, 0.4) is 0 Å². The minimum Gasteiger partial charge on any atom is -0.497 e. The highest BCUT2D eigenvalue weighted by atomic mass is 79.9. The summed E-state index contributed by atoms with van der Waals surface area (Å²) in [4.78, 5) is 13.8. The van der Waals surface area contributed by atoms with Gasteiger partial charge in [0.25, 0.3) is 5.91 Å². The molecule has 2 rings (SSSR count). The highest BCUT2D eigenvalue weighted by Gasteiger charge is 2.23. The number of halogens is 1. The molecule has 0 unspecified atom stereocenters. The van der Waals surface area contributed by atoms with Crippen LogP contribution in [0, 0.1) is 0 Å². The SMILES string of the molecule is COc1ccc(Br)c(C(=O)N2CCC2)c1. The van der Waals surface area contributed by atoms with E-state index in [9.17, 15) is 4.79 Å². The van der Waals surface area contributed by atoms with Crippen LogP contribution in [0.25, 0.3) is 0 Å². The summed E-state index contributed by atoms with van der Waals surface area (Å²) in [6.45, 7) is 1.73. The quantitative estimate of drug-likeness (QED) is 0.825. The molecule has 1 saturated heterocycles. The van der Waals surface area contributed by atoms with Crippen LogP contribution in [0.5, 0.6) is 5.75 Å². The van der Waals surface area contributed by atoms with Gasteiger partial charge in [-0.25, -0.2) is 0 Å². The second-order valence-electron chi connectivity index (χ2n) is 3.49. The first-order valence-electron chi connectivity index (χ1n) is 4.85. The fraction of sp³-hybridized carbons (Fsp3) is 0.364. The van der Waals surface area contributed by atoms with E-state index < -0.39 is 0 Å². The zero-order chi connectivity index (χ0) is 10.8. The number of rotatable bonds is 2. The number of carbonyl (C=O) groups excluding carboxylic acids is 1. The molecule has 1 amide bonds. The van der Waals surface area contributed by atoms with Crippen molar-refractivity contribution in [1.29, 1.82) is 0 Å². The van der Waals surface area contributed by atoms with Gasteiger partial charge < -0.3 is 9.64 Å². The van der Waals surface area contributed by atoms with Gasteiger partial charge in [0, 0.05) is 17.6 Å². The van der Waals surface area contributed by atoms with E-state index in [0.717, 1.165) is 24.0 Å². The molecule has 1 aromatic carbocycles. The molecule has 0 atom stereocenters. The van der Waals surface area contributed by atoms with Gasteiger partial charge in [0.05, 0.1) is 12.7 Å². The van der Waals surface area contributed by atoms with Gasteiger partial charge in [-0.15, -0.1) is 0 Å². The molecule has 15 heavy (non-hydrogen) atoms. The molecule has 0 N–H and O–H groups in total. The first-order chi connectivity index (χ1) is 7.22. The van der Waals surface area contributed by atoms with Gasteiger partial charge in [-0.3, -0.25) is 4.79 Å². The molecule has 1 heterocycles. The monoisotopic (exact) mass is 269 g/mol. The van der Waals surface area contributed by atoms with E-state index in [2.05, 4.69) is 15.9 Å². The highest BCUT2D eigenvalue weighted by molar-refractivity contribution is 9.10. The molecule has 1 aromatic rings. The summed E-state index contributed by atoms with van der Waals surface area (Å²) >= 11 is 3.38. The van der Waals surface area contributed by atoms with Gasteiger partial charge in [-0.1, -0.05) is 0 Å². The largest absolute Gasteiger partial charge is 0.497 e. The van der Waals surface area contributed by atoms with Crippen LogP contribution in [0.4, 0.5) is 0 Å². The average molecular weight is 270 g/mol. The second-order valence-corrected chi connectivity index (χ2v) is 4.35. The fourth-order valence-electron chi connectivity index (χ4n) is 1.48. The summed E-state index contributed by atoms with van der Waals surface area (Å²) in [5.74, 6) is 0.786. The first-order valence-corrected chi connectivity index (χ1v) is 5.64. The van der Waals surface area contributed by atoms with Crippen molar-refractivity contribution in [3.05, 3.63) is 28.2 Å². The van der Waals surface area contributed by atoms with Crippen LogP contribution >= 0.6 is 15.9 Å². The molecule has 1 aliphatic rings. The Kier molecular flexibility index (Phi) is 2.95. The third-order valence-corrected chi connectivity index (χ3v) is 3.24. The van der Waals surface area contributed by atoms with Gasteiger partial charge in [-0.05, 0) is 40.5 Å². The molecule has 0 spiro atoms. The van der Waals surface area contributed by atoms with Gasteiger partial charge in [0.15, 0.2) is 0 Å². The van der Waals surface area contributed by atoms with Gasteiger partial charge in [-0.2, -0.15) is 0 Å². The predicted octanol–water partition coefficient (Wildman–Crippen LogP) is 2.30.